The van der Waals surface area contributed by atoms with Crippen LogP contribution in [0.5, 0.6) is 5.75 Å². The van der Waals surface area contributed by atoms with Gasteiger partial charge in [-0.05, 0) is 30.7 Å². The van der Waals surface area contributed by atoms with Gasteiger partial charge < -0.3 is 9.84 Å². The number of carboxylic acids is 1. The molecule has 0 aliphatic heterocycles. The largest absolute Gasteiger partial charge is 0.494 e. The molecule has 0 aliphatic rings. The van der Waals surface area contributed by atoms with Crippen LogP contribution in [-0.2, 0) is 4.79 Å². The van der Waals surface area contributed by atoms with Crippen LogP contribution in [0.1, 0.15) is 18.9 Å². The normalized spacial score (nSPS) is 8.87. The average molecular weight is 204 g/mol. The van der Waals surface area contributed by atoms with Crippen molar-refractivity contribution >= 4 is 5.97 Å². The number of rotatable bonds is 3. The van der Waals surface area contributed by atoms with E-state index in [1.165, 1.54) is 0 Å². The molecule has 1 aromatic carbocycles. The number of carbonyl (C=O) groups is 1. The molecule has 1 N–H and O–H groups in total. The number of ether oxygens (including phenoxy) is 1. The lowest BCUT2D eigenvalue weighted by atomic mass is 10.2. The Bertz CT molecular complexity index is 382. The standard InChI is InChI=1S/C12H12O3/c1-2-9-15-11-6-3-10(4-7-11)5-8-12(13)14/h3-4,6-7H,2,9H2,1H3,(H,13,14). The first-order valence-electron chi connectivity index (χ1n) is 4.70. The summed E-state index contributed by atoms with van der Waals surface area (Å²) in [5.74, 6) is 4.22. The number of hydrogen-bond donors (Lipinski definition) is 1. The van der Waals surface area contributed by atoms with Crippen LogP contribution in [0.15, 0.2) is 24.3 Å². The predicted octanol–water partition coefficient (Wildman–Crippen LogP) is 1.91. The van der Waals surface area contributed by atoms with Crippen LogP contribution in [0, 0.1) is 11.8 Å². The molecule has 0 bridgehead atoms. The van der Waals surface area contributed by atoms with Crippen molar-refractivity contribution in [2.45, 2.75) is 13.3 Å². The summed E-state index contributed by atoms with van der Waals surface area (Å²) in [6, 6.07) is 7.03. The Balaban J connectivity index is 2.65. The van der Waals surface area contributed by atoms with E-state index in [0.29, 0.717) is 12.2 Å². The zero-order valence-corrected chi connectivity index (χ0v) is 8.49. The molecule has 0 radical (unpaired) electrons. The average Bonchev–Trinajstić information content (AvgIpc) is 2.25. The van der Waals surface area contributed by atoms with Crippen LogP contribution in [0.2, 0.25) is 0 Å². The van der Waals surface area contributed by atoms with E-state index in [1.54, 1.807) is 24.3 Å². The quantitative estimate of drug-likeness (QED) is 0.765. The molecule has 0 unspecified atom stereocenters. The minimum atomic E-state index is -1.12. The van der Waals surface area contributed by atoms with Crippen molar-refractivity contribution < 1.29 is 14.6 Å². The maximum Gasteiger partial charge on any atom is 0.382 e. The van der Waals surface area contributed by atoms with E-state index < -0.39 is 5.97 Å². The minimum Gasteiger partial charge on any atom is -0.494 e. The van der Waals surface area contributed by atoms with E-state index in [0.717, 1.165) is 12.2 Å². The first kappa shape index (κ1) is 11.1. The molecule has 78 valence electrons. The fourth-order valence-corrected chi connectivity index (χ4v) is 0.980. The van der Waals surface area contributed by atoms with Gasteiger partial charge in [0.05, 0.1) is 6.61 Å². The third kappa shape index (κ3) is 4.19. The van der Waals surface area contributed by atoms with Crippen LogP contribution in [0.25, 0.3) is 0 Å². The van der Waals surface area contributed by atoms with Gasteiger partial charge >= 0.3 is 5.97 Å². The lowest BCUT2D eigenvalue weighted by molar-refractivity contribution is -0.130. The zero-order valence-electron chi connectivity index (χ0n) is 8.49. The molecule has 0 spiro atoms. The van der Waals surface area contributed by atoms with Crippen molar-refractivity contribution in [3.63, 3.8) is 0 Å². The Kier molecular flexibility index (Phi) is 4.24. The summed E-state index contributed by atoms with van der Waals surface area (Å²) in [6.45, 7) is 2.72. The zero-order chi connectivity index (χ0) is 11.1. The Morgan fingerprint density at radius 2 is 2.07 bits per heavy atom. The van der Waals surface area contributed by atoms with E-state index in [9.17, 15) is 4.79 Å². The second kappa shape index (κ2) is 5.71. The van der Waals surface area contributed by atoms with Gasteiger partial charge in [0, 0.05) is 11.5 Å². The number of aliphatic carboxylic acids is 1. The van der Waals surface area contributed by atoms with Gasteiger partial charge in [-0.3, -0.25) is 0 Å². The highest BCUT2D eigenvalue weighted by molar-refractivity contribution is 5.87. The van der Waals surface area contributed by atoms with Crippen molar-refractivity contribution in [1.82, 2.24) is 0 Å². The Morgan fingerprint density at radius 1 is 1.40 bits per heavy atom. The molecule has 0 atom stereocenters. The summed E-state index contributed by atoms with van der Waals surface area (Å²) in [5.41, 5.74) is 0.668. The van der Waals surface area contributed by atoms with Crippen molar-refractivity contribution in [1.29, 1.82) is 0 Å². The molecule has 0 fully saturated rings. The smallest absolute Gasteiger partial charge is 0.382 e. The molecule has 15 heavy (non-hydrogen) atoms. The van der Waals surface area contributed by atoms with Gasteiger partial charge in [-0.1, -0.05) is 12.8 Å². The molecule has 0 aliphatic carbocycles. The lowest BCUT2D eigenvalue weighted by Crippen LogP contribution is -1.94. The second-order valence-corrected chi connectivity index (χ2v) is 2.93. The minimum absolute atomic E-state index is 0.668. The summed E-state index contributed by atoms with van der Waals surface area (Å²) >= 11 is 0. The fraction of sp³-hybridized carbons (Fsp3) is 0.250. The van der Waals surface area contributed by atoms with E-state index in [4.69, 9.17) is 9.84 Å². The highest BCUT2D eigenvalue weighted by Gasteiger charge is 1.92. The van der Waals surface area contributed by atoms with Crippen LogP contribution in [0.4, 0.5) is 0 Å². The van der Waals surface area contributed by atoms with Gasteiger partial charge in [-0.25, -0.2) is 4.79 Å². The summed E-state index contributed by atoms with van der Waals surface area (Å²) in [4.78, 5) is 10.2. The molecule has 3 nitrogen and oxygen atoms in total. The highest BCUT2D eigenvalue weighted by Crippen LogP contribution is 2.11. The molecule has 0 heterocycles. The fourth-order valence-electron chi connectivity index (χ4n) is 0.980. The SMILES string of the molecule is CCCOc1ccc(C#CC(=O)O)cc1. The van der Waals surface area contributed by atoms with Gasteiger partial charge in [-0.15, -0.1) is 0 Å². The molecular formula is C12H12O3. The molecule has 0 aromatic heterocycles. The number of benzene rings is 1. The van der Waals surface area contributed by atoms with E-state index in [2.05, 4.69) is 11.8 Å². The van der Waals surface area contributed by atoms with Gasteiger partial charge in [0.1, 0.15) is 5.75 Å². The topological polar surface area (TPSA) is 46.5 Å². The first-order chi connectivity index (χ1) is 7.22. The van der Waals surface area contributed by atoms with Crippen molar-refractivity contribution in [3.8, 4) is 17.6 Å². The lowest BCUT2D eigenvalue weighted by Gasteiger charge is -2.03. The van der Waals surface area contributed by atoms with Crippen molar-refractivity contribution in [2.24, 2.45) is 0 Å². The summed E-state index contributed by atoms with van der Waals surface area (Å²) < 4.78 is 5.37. The molecular weight excluding hydrogens is 192 g/mol. The van der Waals surface area contributed by atoms with Crippen LogP contribution >= 0.6 is 0 Å². The van der Waals surface area contributed by atoms with Crippen molar-refractivity contribution in [2.75, 3.05) is 6.61 Å². The first-order valence-corrected chi connectivity index (χ1v) is 4.70. The van der Waals surface area contributed by atoms with Gasteiger partial charge in [0.25, 0.3) is 0 Å². The molecule has 0 saturated carbocycles. The van der Waals surface area contributed by atoms with E-state index in [-0.39, 0.29) is 0 Å². The summed E-state index contributed by atoms with van der Waals surface area (Å²) in [6.07, 6.45) is 0.959. The molecule has 3 heteroatoms. The van der Waals surface area contributed by atoms with Gasteiger partial charge in [0.2, 0.25) is 0 Å². The highest BCUT2D eigenvalue weighted by atomic mass is 16.5. The van der Waals surface area contributed by atoms with E-state index >= 15 is 0 Å². The van der Waals surface area contributed by atoms with E-state index in [1.807, 2.05) is 6.92 Å². The molecule has 0 amide bonds. The summed E-state index contributed by atoms with van der Waals surface area (Å²) in [7, 11) is 0. The third-order valence-corrected chi connectivity index (χ3v) is 1.64. The molecule has 0 saturated heterocycles. The number of hydrogen-bond acceptors (Lipinski definition) is 2. The van der Waals surface area contributed by atoms with Crippen LogP contribution < -0.4 is 4.74 Å². The Hall–Kier alpha value is -1.95. The maximum atomic E-state index is 10.2. The Labute approximate surface area is 88.7 Å². The monoisotopic (exact) mass is 204 g/mol. The van der Waals surface area contributed by atoms with Gasteiger partial charge in [0.15, 0.2) is 0 Å². The van der Waals surface area contributed by atoms with Gasteiger partial charge in [-0.2, -0.15) is 0 Å². The Morgan fingerprint density at radius 3 is 2.60 bits per heavy atom. The summed E-state index contributed by atoms with van der Waals surface area (Å²) in [5, 5.41) is 8.35. The third-order valence-electron chi connectivity index (χ3n) is 1.64. The maximum absolute atomic E-state index is 10.2. The number of carboxylic acid groups (broad SMARTS) is 1. The molecule has 1 aromatic rings. The van der Waals surface area contributed by atoms with Crippen molar-refractivity contribution in [3.05, 3.63) is 29.8 Å². The predicted molar refractivity (Wildman–Crippen MR) is 56.7 cm³/mol. The second-order valence-electron chi connectivity index (χ2n) is 2.93. The van der Waals surface area contributed by atoms with Crippen LogP contribution in [0.3, 0.4) is 0 Å². The van der Waals surface area contributed by atoms with Crippen LogP contribution in [-0.4, -0.2) is 17.7 Å². The molecule has 1 rings (SSSR count).